The van der Waals surface area contributed by atoms with Crippen LogP contribution >= 0.6 is 0 Å². The van der Waals surface area contributed by atoms with Gasteiger partial charge in [-0.2, -0.15) is 5.10 Å². The first-order valence-electron chi connectivity index (χ1n) is 5.06. The van der Waals surface area contributed by atoms with Gasteiger partial charge in [-0.25, -0.2) is 10.2 Å². The fourth-order valence-electron chi connectivity index (χ4n) is 1.31. The van der Waals surface area contributed by atoms with Crippen LogP contribution in [0.2, 0.25) is 0 Å². The van der Waals surface area contributed by atoms with Crippen LogP contribution in [0.4, 0.5) is 4.79 Å². The molecule has 0 aliphatic carbocycles. The van der Waals surface area contributed by atoms with Gasteiger partial charge in [0.05, 0.1) is 6.21 Å². The number of rotatable bonds is 3. The molecule has 0 saturated carbocycles. The molecule has 0 spiro atoms. The second-order valence-corrected chi connectivity index (χ2v) is 3.44. The van der Waals surface area contributed by atoms with E-state index in [1.165, 1.54) is 6.21 Å². The van der Waals surface area contributed by atoms with E-state index in [0.717, 1.165) is 5.56 Å². The summed E-state index contributed by atoms with van der Waals surface area (Å²) in [5.74, 6) is -0.373. The minimum atomic E-state index is -0.752. The highest BCUT2D eigenvalue weighted by molar-refractivity contribution is 6.03. The fourth-order valence-corrected chi connectivity index (χ4v) is 1.31. The zero-order chi connectivity index (χ0) is 12.1. The first kappa shape index (κ1) is 11.1. The number of nitrogens with zero attached hydrogens (tertiary/aromatic N) is 1. The van der Waals surface area contributed by atoms with Crippen molar-refractivity contribution >= 4 is 18.2 Å². The quantitative estimate of drug-likeness (QED) is 0.792. The molecule has 1 aromatic rings. The van der Waals surface area contributed by atoms with Gasteiger partial charge in [-0.1, -0.05) is 30.3 Å². The van der Waals surface area contributed by atoms with Gasteiger partial charge < -0.3 is 10.1 Å². The molecular formula is C11H11N3O3. The van der Waals surface area contributed by atoms with Crippen molar-refractivity contribution in [1.82, 2.24) is 10.7 Å². The van der Waals surface area contributed by atoms with E-state index in [4.69, 9.17) is 4.74 Å². The Morgan fingerprint density at radius 3 is 2.82 bits per heavy atom. The maximum absolute atomic E-state index is 11.3. The van der Waals surface area contributed by atoms with Crippen LogP contribution in [0.25, 0.3) is 0 Å². The third-order valence-corrected chi connectivity index (χ3v) is 2.17. The Balaban J connectivity index is 1.78. The Kier molecular flexibility index (Phi) is 3.34. The predicted molar refractivity (Wildman–Crippen MR) is 60.2 cm³/mol. The van der Waals surface area contributed by atoms with E-state index in [2.05, 4.69) is 15.8 Å². The molecular weight excluding hydrogens is 222 g/mol. The molecule has 2 rings (SSSR count). The highest BCUT2D eigenvalue weighted by atomic mass is 16.5. The van der Waals surface area contributed by atoms with Crippen LogP contribution in [-0.4, -0.2) is 24.3 Å². The van der Waals surface area contributed by atoms with Crippen molar-refractivity contribution in [2.45, 2.75) is 12.6 Å². The van der Waals surface area contributed by atoms with Gasteiger partial charge in [0.2, 0.25) is 0 Å². The molecule has 0 bridgehead atoms. The Hall–Kier alpha value is -2.37. The smallest absolute Gasteiger partial charge is 0.408 e. The van der Waals surface area contributed by atoms with E-state index in [-0.39, 0.29) is 12.5 Å². The molecule has 0 aromatic heterocycles. The Labute approximate surface area is 97.7 Å². The average molecular weight is 233 g/mol. The van der Waals surface area contributed by atoms with Gasteiger partial charge in [0.25, 0.3) is 5.91 Å². The molecule has 88 valence electrons. The molecule has 0 radical (unpaired) electrons. The molecule has 2 amide bonds. The number of alkyl carbamates (subject to hydrolysis) is 1. The predicted octanol–water partition coefficient (Wildman–Crippen LogP) is 0.397. The van der Waals surface area contributed by atoms with Crippen molar-refractivity contribution in [2.75, 3.05) is 0 Å². The van der Waals surface area contributed by atoms with Crippen LogP contribution in [0.15, 0.2) is 35.4 Å². The van der Waals surface area contributed by atoms with Crippen LogP contribution < -0.4 is 10.7 Å². The molecule has 1 aromatic carbocycles. The summed E-state index contributed by atoms with van der Waals surface area (Å²) < 4.78 is 4.95. The van der Waals surface area contributed by atoms with Gasteiger partial charge in [0.15, 0.2) is 0 Å². The number of hydrazone groups is 1. The summed E-state index contributed by atoms with van der Waals surface area (Å²) in [7, 11) is 0. The number of nitrogens with one attached hydrogen (secondary N) is 2. The van der Waals surface area contributed by atoms with Crippen molar-refractivity contribution in [3.63, 3.8) is 0 Å². The number of carbonyl (C=O) groups is 2. The van der Waals surface area contributed by atoms with Crippen LogP contribution in [0.5, 0.6) is 0 Å². The molecule has 2 N–H and O–H groups in total. The minimum absolute atomic E-state index is 0.165. The van der Waals surface area contributed by atoms with Gasteiger partial charge in [0, 0.05) is 0 Å². The van der Waals surface area contributed by atoms with Crippen molar-refractivity contribution in [2.24, 2.45) is 5.10 Å². The highest BCUT2D eigenvalue weighted by Gasteiger charge is 2.22. The van der Waals surface area contributed by atoms with Crippen LogP contribution in [0.1, 0.15) is 5.56 Å². The summed E-state index contributed by atoms with van der Waals surface area (Å²) in [5.41, 5.74) is 3.09. The zero-order valence-corrected chi connectivity index (χ0v) is 8.92. The van der Waals surface area contributed by atoms with E-state index in [1.54, 1.807) is 0 Å². The molecule has 6 heteroatoms. The summed E-state index contributed by atoms with van der Waals surface area (Å²) in [6, 6.07) is 8.52. The van der Waals surface area contributed by atoms with Crippen molar-refractivity contribution in [1.29, 1.82) is 0 Å². The van der Waals surface area contributed by atoms with Crippen LogP contribution in [0, 0.1) is 0 Å². The first-order valence-corrected chi connectivity index (χ1v) is 5.06. The molecule has 1 aliphatic heterocycles. The lowest BCUT2D eigenvalue weighted by atomic mass is 10.2. The first-order chi connectivity index (χ1) is 8.25. The number of hydrogen-bond acceptors (Lipinski definition) is 4. The normalized spacial score (nSPS) is 17.6. The SMILES string of the molecule is O=C(NC1C=NNC1=O)OCc1ccccc1. The second-order valence-electron chi connectivity index (χ2n) is 3.44. The average Bonchev–Trinajstić information content (AvgIpc) is 2.74. The highest BCUT2D eigenvalue weighted by Crippen LogP contribution is 2.00. The molecule has 1 atom stereocenters. The molecule has 1 aliphatic rings. The minimum Gasteiger partial charge on any atom is -0.445 e. The molecule has 0 fully saturated rings. The lowest BCUT2D eigenvalue weighted by Crippen LogP contribution is -2.42. The van der Waals surface area contributed by atoms with Gasteiger partial charge in [-0.15, -0.1) is 0 Å². The Morgan fingerprint density at radius 1 is 1.41 bits per heavy atom. The maximum atomic E-state index is 11.3. The van der Waals surface area contributed by atoms with Gasteiger partial charge in [0.1, 0.15) is 12.6 Å². The van der Waals surface area contributed by atoms with Gasteiger partial charge in [-0.05, 0) is 5.56 Å². The summed E-state index contributed by atoms with van der Waals surface area (Å²) in [6.45, 7) is 0.165. The van der Waals surface area contributed by atoms with Crippen LogP contribution in [-0.2, 0) is 16.1 Å². The monoisotopic (exact) mass is 233 g/mol. The van der Waals surface area contributed by atoms with Crippen LogP contribution in [0.3, 0.4) is 0 Å². The largest absolute Gasteiger partial charge is 0.445 e. The van der Waals surface area contributed by atoms with Crippen molar-refractivity contribution in [3.05, 3.63) is 35.9 Å². The Morgan fingerprint density at radius 2 is 2.18 bits per heavy atom. The van der Waals surface area contributed by atoms with Crippen molar-refractivity contribution in [3.8, 4) is 0 Å². The van der Waals surface area contributed by atoms with E-state index >= 15 is 0 Å². The van der Waals surface area contributed by atoms with E-state index < -0.39 is 12.1 Å². The summed E-state index contributed by atoms with van der Waals surface area (Å²) >= 11 is 0. The summed E-state index contributed by atoms with van der Waals surface area (Å²) in [5, 5.41) is 5.90. The van der Waals surface area contributed by atoms with Gasteiger partial charge in [-0.3, -0.25) is 4.79 Å². The standard InChI is InChI=1S/C11H11N3O3/c15-10-9(6-12-14-10)13-11(16)17-7-8-4-2-1-3-5-8/h1-6,9H,7H2,(H,13,16)(H,14,15). The number of amides is 2. The fraction of sp³-hybridized carbons (Fsp3) is 0.182. The molecule has 1 unspecified atom stereocenters. The maximum Gasteiger partial charge on any atom is 0.408 e. The number of hydrogen-bond donors (Lipinski definition) is 2. The Bertz CT molecular complexity index is 445. The summed E-state index contributed by atoms with van der Waals surface area (Å²) in [6.07, 6.45) is 0.661. The number of ether oxygens (including phenoxy) is 1. The third-order valence-electron chi connectivity index (χ3n) is 2.17. The lowest BCUT2D eigenvalue weighted by molar-refractivity contribution is -0.120. The van der Waals surface area contributed by atoms with E-state index in [0.29, 0.717) is 0 Å². The van der Waals surface area contributed by atoms with Gasteiger partial charge >= 0.3 is 6.09 Å². The molecule has 0 saturated heterocycles. The topological polar surface area (TPSA) is 79.8 Å². The van der Waals surface area contributed by atoms with Crippen molar-refractivity contribution < 1.29 is 14.3 Å². The molecule has 1 heterocycles. The zero-order valence-electron chi connectivity index (χ0n) is 8.92. The molecule has 6 nitrogen and oxygen atoms in total. The number of benzene rings is 1. The number of carbonyl (C=O) groups excluding carboxylic acids is 2. The van der Waals surface area contributed by atoms with E-state index in [1.807, 2.05) is 30.3 Å². The molecule has 17 heavy (non-hydrogen) atoms. The lowest BCUT2D eigenvalue weighted by Gasteiger charge is -2.08. The third kappa shape index (κ3) is 3.04. The summed E-state index contributed by atoms with van der Waals surface area (Å²) in [4.78, 5) is 22.4. The van der Waals surface area contributed by atoms with E-state index in [9.17, 15) is 9.59 Å². The second kappa shape index (κ2) is 5.11.